The highest BCUT2D eigenvalue weighted by Gasteiger charge is 2.31. The SMILES string of the molecule is O=C(CN1C[C@H](c2ccccc2)CC1=O)N/N=C\c1cccc(Br)c1. The summed E-state index contributed by atoms with van der Waals surface area (Å²) in [6, 6.07) is 17.5. The summed E-state index contributed by atoms with van der Waals surface area (Å²) >= 11 is 3.38. The number of halogens is 1. The van der Waals surface area contributed by atoms with Gasteiger partial charge in [-0.25, -0.2) is 5.43 Å². The van der Waals surface area contributed by atoms with Crippen molar-refractivity contribution < 1.29 is 9.59 Å². The minimum absolute atomic E-state index is 0.0000254. The molecule has 1 heterocycles. The van der Waals surface area contributed by atoms with Crippen molar-refractivity contribution in [2.75, 3.05) is 13.1 Å². The Morgan fingerprint density at radius 1 is 1.24 bits per heavy atom. The molecule has 1 aliphatic rings. The summed E-state index contributed by atoms with van der Waals surface area (Å²) in [6.45, 7) is 0.587. The topological polar surface area (TPSA) is 61.8 Å². The maximum atomic E-state index is 12.1. The maximum absolute atomic E-state index is 12.1. The standard InChI is InChI=1S/C19H18BrN3O2/c20-17-8-4-5-14(9-17)11-21-22-18(24)13-23-12-16(10-19(23)25)15-6-2-1-3-7-15/h1-9,11,16H,10,12-13H2,(H,22,24)/b21-11-/t16-/m1/s1. The van der Waals surface area contributed by atoms with E-state index < -0.39 is 0 Å². The Morgan fingerprint density at radius 3 is 2.80 bits per heavy atom. The smallest absolute Gasteiger partial charge is 0.259 e. The van der Waals surface area contributed by atoms with Crippen LogP contribution in [0, 0.1) is 0 Å². The monoisotopic (exact) mass is 399 g/mol. The Morgan fingerprint density at radius 2 is 2.04 bits per heavy atom. The number of nitrogens with zero attached hydrogens (tertiary/aromatic N) is 2. The van der Waals surface area contributed by atoms with Crippen molar-refractivity contribution in [3.63, 3.8) is 0 Å². The van der Waals surface area contributed by atoms with Gasteiger partial charge in [0.05, 0.1) is 6.21 Å². The van der Waals surface area contributed by atoms with Crippen LogP contribution < -0.4 is 5.43 Å². The van der Waals surface area contributed by atoms with E-state index in [1.54, 1.807) is 11.1 Å². The molecular weight excluding hydrogens is 382 g/mol. The first kappa shape index (κ1) is 17.4. The van der Waals surface area contributed by atoms with Gasteiger partial charge in [0.1, 0.15) is 6.54 Å². The van der Waals surface area contributed by atoms with E-state index in [1.165, 1.54) is 0 Å². The Bertz CT molecular complexity index is 792. The summed E-state index contributed by atoms with van der Waals surface area (Å²) in [5.74, 6) is -0.153. The molecule has 5 nitrogen and oxygen atoms in total. The molecule has 0 spiro atoms. The predicted molar refractivity (Wildman–Crippen MR) is 100 cm³/mol. The van der Waals surface area contributed by atoms with Crippen LogP contribution in [0.15, 0.2) is 64.2 Å². The molecule has 1 atom stereocenters. The van der Waals surface area contributed by atoms with Gasteiger partial charge >= 0.3 is 0 Å². The second-order valence-corrected chi connectivity index (χ2v) is 6.85. The molecule has 2 aromatic rings. The molecule has 2 amide bonds. The molecule has 1 saturated heterocycles. The van der Waals surface area contributed by atoms with Gasteiger partial charge in [0.2, 0.25) is 5.91 Å². The Hall–Kier alpha value is -2.47. The maximum Gasteiger partial charge on any atom is 0.259 e. The lowest BCUT2D eigenvalue weighted by atomic mass is 9.99. The van der Waals surface area contributed by atoms with Gasteiger partial charge in [0, 0.05) is 23.4 Å². The number of hydrogen-bond donors (Lipinski definition) is 1. The summed E-state index contributed by atoms with van der Waals surface area (Å²) in [7, 11) is 0. The van der Waals surface area contributed by atoms with Gasteiger partial charge in [-0.15, -0.1) is 0 Å². The molecule has 1 N–H and O–H groups in total. The molecule has 6 heteroatoms. The number of carbonyl (C=O) groups excluding carboxylic acids is 2. The number of rotatable bonds is 5. The van der Waals surface area contributed by atoms with Crippen LogP contribution in [0.4, 0.5) is 0 Å². The number of benzene rings is 2. The van der Waals surface area contributed by atoms with Crippen molar-refractivity contribution >= 4 is 34.0 Å². The Labute approximate surface area is 154 Å². The zero-order valence-electron chi connectivity index (χ0n) is 13.6. The Kier molecular flexibility index (Phi) is 5.60. The average Bonchev–Trinajstić information content (AvgIpc) is 2.96. The zero-order chi connectivity index (χ0) is 17.6. The molecule has 0 aliphatic carbocycles. The fourth-order valence-electron chi connectivity index (χ4n) is 2.85. The van der Waals surface area contributed by atoms with Crippen molar-refractivity contribution in [2.45, 2.75) is 12.3 Å². The van der Waals surface area contributed by atoms with Crippen molar-refractivity contribution in [3.8, 4) is 0 Å². The van der Waals surface area contributed by atoms with Crippen molar-refractivity contribution in [1.29, 1.82) is 0 Å². The van der Waals surface area contributed by atoms with E-state index in [0.717, 1.165) is 15.6 Å². The third-order valence-electron chi connectivity index (χ3n) is 4.07. The van der Waals surface area contributed by atoms with Gasteiger partial charge in [-0.2, -0.15) is 5.10 Å². The van der Waals surface area contributed by atoms with E-state index in [9.17, 15) is 9.59 Å². The number of amides is 2. The molecule has 0 unspecified atom stereocenters. The summed E-state index contributed by atoms with van der Waals surface area (Å²) in [5.41, 5.74) is 4.48. The van der Waals surface area contributed by atoms with Gasteiger partial charge in [0.25, 0.3) is 5.91 Å². The van der Waals surface area contributed by atoms with Crippen LogP contribution >= 0.6 is 15.9 Å². The van der Waals surface area contributed by atoms with Gasteiger partial charge in [0.15, 0.2) is 0 Å². The van der Waals surface area contributed by atoms with Crippen molar-refractivity contribution in [2.24, 2.45) is 5.10 Å². The summed E-state index contributed by atoms with van der Waals surface area (Å²) in [4.78, 5) is 25.7. The molecule has 0 bridgehead atoms. The largest absolute Gasteiger partial charge is 0.333 e. The lowest BCUT2D eigenvalue weighted by Gasteiger charge is -2.15. The van der Waals surface area contributed by atoms with E-state index >= 15 is 0 Å². The number of hydrogen-bond acceptors (Lipinski definition) is 3. The second kappa shape index (κ2) is 8.07. The summed E-state index contributed by atoms with van der Waals surface area (Å²) in [5, 5.41) is 3.94. The van der Waals surface area contributed by atoms with Crippen LogP contribution in [0.5, 0.6) is 0 Å². The average molecular weight is 400 g/mol. The number of likely N-dealkylation sites (tertiary alicyclic amines) is 1. The molecule has 0 aromatic heterocycles. The lowest BCUT2D eigenvalue weighted by molar-refractivity contribution is -0.133. The van der Waals surface area contributed by atoms with Crippen LogP contribution in [0.1, 0.15) is 23.5 Å². The number of nitrogens with one attached hydrogen (secondary N) is 1. The van der Waals surface area contributed by atoms with Crippen LogP contribution in [0.2, 0.25) is 0 Å². The molecule has 2 aromatic carbocycles. The van der Waals surface area contributed by atoms with Gasteiger partial charge in [-0.05, 0) is 23.3 Å². The first-order valence-electron chi connectivity index (χ1n) is 8.02. The minimum Gasteiger partial charge on any atom is -0.333 e. The summed E-state index contributed by atoms with van der Waals surface area (Å²) < 4.78 is 0.942. The fraction of sp³-hybridized carbons (Fsp3) is 0.211. The molecule has 25 heavy (non-hydrogen) atoms. The minimum atomic E-state index is -0.298. The molecule has 0 saturated carbocycles. The van der Waals surface area contributed by atoms with E-state index in [1.807, 2.05) is 54.6 Å². The van der Waals surface area contributed by atoms with E-state index in [-0.39, 0.29) is 24.3 Å². The van der Waals surface area contributed by atoms with E-state index in [2.05, 4.69) is 26.5 Å². The normalized spacial score (nSPS) is 17.2. The first-order chi connectivity index (χ1) is 12.1. The zero-order valence-corrected chi connectivity index (χ0v) is 15.1. The third-order valence-corrected chi connectivity index (χ3v) is 4.56. The van der Waals surface area contributed by atoms with Gasteiger partial charge in [-0.3, -0.25) is 9.59 Å². The number of carbonyl (C=O) groups is 2. The first-order valence-corrected chi connectivity index (χ1v) is 8.81. The van der Waals surface area contributed by atoms with Crippen LogP contribution in [0.25, 0.3) is 0 Å². The van der Waals surface area contributed by atoms with Crippen LogP contribution in [-0.4, -0.2) is 36.0 Å². The molecule has 0 radical (unpaired) electrons. The van der Waals surface area contributed by atoms with E-state index in [4.69, 9.17) is 0 Å². The fourth-order valence-corrected chi connectivity index (χ4v) is 3.26. The third kappa shape index (κ3) is 4.76. The van der Waals surface area contributed by atoms with E-state index in [0.29, 0.717) is 13.0 Å². The number of hydrazone groups is 1. The second-order valence-electron chi connectivity index (χ2n) is 5.93. The van der Waals surface area contributed by atoms with Crippen LogP contribution in [-0.2, 0) is 9.59 Å². The lowest BCUT2D eigenvalue weighted by Crippen LogP contribution is -2.36. The highest BCUT2D eigenvalue weighted by atomic mass is 79.9. The molecular formula is C19H18BrN3O2. The highest BCUT2D eigenvalue weighted by molar-refractivity contribution is 9.10. The molecule has 128 valence electrons. The molecule has 1 fully saturated rings. The van der Waals surface area contributed by atoms with Crippen molar-refractivity contribution in [3.05, 3.63) is 70.2 Å². The molecule has 1 aliphatic heterocycles. The van der Waals surface area contributed by atoms with Gasteiger partial charge < -0.3 is 4.90 Å². The van der Waals surface area contributed by atoms with Crippen LogP contribution in [0.3, 0.4) is 0 Å². The molecule has 3 rings (SSSR count). The van der Waals surface area contributed by atoms with Gasteiger partial charge in [-0.1, -0.05) is 58.4 Å². The highest BCUT2D eigenvalue weighted by Crippen LogP contribution is 2.27. The Balaban J connectivity index is 1.52. The summed E-state index contributed by atoms with van der Waals surface area (Å²) in [6.07, 6.45) is 2.01. The quantitative estimate of drug-likeness (QED) is 0.620. The van der Waals surface area contributed by atoms with Crippen molar-refractivity contribution in [1.82, 2.24) is 10.3 Å². The predicted octanol–water partition coefficient (Wildman–Crippen LogP) is 2.92.